The monoisotopic (exact) mass is 408 g/mol. The zero-order valence-electron chi connectivity index (χ0n) is 12.6. The number of rotatable bonds is 3. The molecule has 24 heavy (non-hydrogen) atoms. The summed E-state index contributed by atoms with van der Waals surface area (Å²) < 4.78 is 31.6. The fraction of sp³-hybridized carbons (Fsp3) is 0.125. The van der Waals surface area contributed by atoms with Crippen molar-refractivity contribution in [3.05, 3.63) is 70.6 Å². The molecule has 1 fully saturated rings. The Balaban J connectivity index is 2.04. The van der Waals surface area contributed by atoms with Crippen LogP contribution in [0, 0.1) is 6.92 Å². The van der Waals surface area contributed by atoms with E-state index in [1.54, 1.807) is 30.5 Å². The Labute approximate surface area is 148 Å². The summed E-state index contributed by atoms with van der Waals surface area (Å²) in [5, 5.41) is 0. The van der Waals surface area contributed by atoms with Crippen LogP contribution in [-0.2, 0) is 14.8 Å². The number of nitrogens with zero attached hydrogens (tertiary/aromatic N) is 2. The van der Waals surface area contributed by atoms with Gasteiger partial charge >= 0.3 is 6.09 Å². The number of halogens is 1. The van der Waals surface area contributed by atoms with E-state index in [9.17, 15) is 13.2 Å². The van der Waals surface area contributed by atoms with Crippen LogP contribution >= 0.6 is 15.9 Å². The predicted molar refractivity (Wildman–Crippen MR) is 90.7 cm³/mol. The average Bonchev–Trinajstić information content (AvgIpc) is 2.93. The van der Waals surface area contributed by atoms with Gasteiger partial charge in [-0.1, -0.05) is 39.7 Å². The smallest absolute Gasteiger partial charge is 0.429 e. The van der Waals surface area contributed by atoms with Gasteiger partial charge in [-0.05, 0) is 25.1 Å². The Morgan fingerprint density at radius 1 is 1.25 bits per heavy atom. The Hall–Kier alpha value is -2.19. The summed E-state index contributed by atoms with van der Waals surface area (Å²) in [5.74, 6) is 0. The van der Waals surface area contributed by atoms with E-state index in [0.717, 1.165) is 5.56 Å². The van der Waals surface area contributed by atoms with Gasteiger partial charge in [0.25, 0.3) is 10.0 Å². The number of carbonyl (C=O) groups excluding carboxylic acids is 1. The van der Waals surface area contributed by atoms with Crippen molar-refractivity contribution < 1.29 is 17.9 Å². The number of hydrogen-bond acceptors (Lipinski definition) is 5. The molecule has 0 N–H and O–H groups in total. The molecule has 2 aromatic rings. The lowest BCUT2D eigenvalue weighted by Gasteiger charge is -2.16. The first kappa shape index (κ1) is 16.7. The molecule has 0 radical (unpaired) electrons. The first-order valence-corrected chi connectivity index (χ1v) is 9.33. The molecule has 1 saturated heterocycles. The van der Waals surface area contributed by atoms with Crippen LogP contribution in [0.4, 0.5) is 4.79 Å². The second kappa shape index (κ2) is 6.37. The summed E-state index contributed by atoms with van der Waals surface area (Å²) in [5.41, 5.74) is 1.68. The number of sulfonamides is 1. The molecule has 0 aliphatic carbocycles. The van der Waals surface area contributed by atoms with Gasteiger partial charge in [0.2, 0.25) is 0 Å². The normalized spacial score (nSPS) is 19.6. The zero-order chi connectivity index (χ0) is 17.3. The number of amides is 1. The van der Waals surface area contributed by atoms with E-state index >= 15 is 0 Å². The van der Waals surface area contributed by atoms with Gasteiger partial charge in [-0.25, -0.2) is 13.2 Å². The van der Waals surface area contributed by atoms with Gasteiger partial charge in [0, 0.05) is 22.9 Å². The molecule has 124 valence electrons. The Morgan fingerprint density at radius 2 is 1.96 bits per heavy atom. The molecule has 1 aromatic carbocycles. The first-order valence-electron chi connectivity index (χ1n) is 6.98. The van der Waals surface area contributed by atoms with Gasteiger partial charge in [0.15, 0.2) is 6.10 Å². The summed E-state index contributed by atoms with van der Waals surface area (Å²) in [7, 11) is -4.07. The summed E-state index contributed by atoms with van der Waals surface area (Å²) in [6.45, 7) is 1.85. The van der Waals surface area contributed by atoms with Crippen molar-refractivity contribution in [2.75, 3.05) is 0 Å². The Kier molecular flexibility index (Phi) is 4.42. The van der Waals surface area contributed by atoms with Gasteiger partial charge in [-0.2, -0.15) is 4.31 Å². The highest BCUT2D eigenvalue weighted by atomic mass is 79.9. The van der Waals surface area contributed by atoms with E-state index in [1.165, 1.54) is 23.3 Å². The van der Waals surface area contributed by atoms with Crippen LogP contribution in [0.25, 0.3) is 0 Å². The van der Waals surface area contributed by atoms with Gasteiger partial charge in [-0.3, -0.25) is 4.98 Å². The third-order valence-electron chi connectivity index (χ3n) is 3.55. The molecule has 1 aliphatic rings. The van der Waals surface area contributed by atoms with Crippen LogP contribution in [0.15, 0.2) is 64.4 Å². The van der Waals surface area contributed by atoms with Crippen molar-refractivity contribution in [3.63, 3.8) is 0 Å². The quantitative estimate of drug-likeness (QED) is 0.776. The fourth-order valence-electron chi connectivity index (χ4n) is 2.34. The number of cyclic esters (lactones) is 1. The summed E-state index contributed by atoms with van der Waals surface area (Å²) >= 11 is 3.14. The molecule has 1 aromatic heterocycles. The SMILES string of the molecule is Cc1ccc(S(=O)(=O)N2C(=O)OC(c3cccnc3)/C2=C\Br)cc1. The highest BCUT2D eigenvalue weighted by Gasteiger charge is 2.45. The van der Waals surface area contributed by atoms with Crippen LogP contribution in [0.3, 0.4) is 0 Å². The average molecular weight is 409 g/mol. The van der Waals surface area contributed by atoms with Crippen LogP contribution in [0.5, 0.6) is 0 Å². The number of aryl methyl sites for hydroxylation is 1. The van der Waals surface area contributed by atoms with Gasteiger partial charge in [0.1, 0.15) is 0 Å². The zero-order valence-corrected chi connectivity index (χ0v) is 15.0. The molecule has 1 aliphatic heterocycles. The third-order valence-corrected chi connectivity index (χ3v) is 5.72. The third kappa shape index (κ3) is 2.83. The lowest BCUT2D eigenvalue weighted by atomic mass is 10.1. The van der Waals surface area contributed by atoms with Gasteiger partial charge < -0.3 is 4.74 Å². The number of aromatic nitrogens is 1. The molecule has 6 nitrogen and oxygen atoms in total. The van der Waals surface area contributed by atoms with E-state index < -0.39 is 22.2 Å². The lowest BCUT2D eigenvalue weighted by molar-refractivity contribution is 0.140. The summed E-state index contributed by atoms with van der Waals surface area (Å²) in [6.07, 6.45) is 1.32. The molecule has 1 unspecified atom stereocenters. The maximum absolute atomic E-state index is 12.9. The number of ether oxygens (including phenoxy) is 1. The fourth-order valence-corrected chi connectivity index (χ4v) is 4.28. The Morgan fingerprint density at radius 3 is 2.54 bits per heavy atom. The molecule has 0 spiro atoms. The maximum atomic E-state index is 12.9. The predicted octanol–water partition coefficient (Wildman–Crippen LogP) is 3.51. The van der Waals surface area contributed by atoms with Crippen molar-refractivity contribution in [2.24, 2.45) is 0 Å². The highest BCUT2D eigenvalue weighted by molar-refractivity contribution is 9.11. The minimum atomic E-state index is -4.07. The Bertz CT molecular complexity index is 895. The molecule has 8 heteroatoms. The van der Waals surface area contributed by atoms with Crippen molar-refractivity contribution >= 4 is 32.0 Å². The van der Waals surface area contributed by atoms with Gasteiger partial charge in [-0.15, -0.1) is 0 Å². The minimum absolute atomic E-state index is 0.0173. The molecule has 1 amide bonds. The van der Waals surface area contributed by atoms with Crippen LogP contribution in [0.2, 0.25) is 0 Å². The molecular weight excluding hydrogens is 396 g/mol. The summed E-state index contributed by atoms with van der Waals surface area (Å²) in [6, 6.07) is 9.66. The second-order valence-electron chi connectivity index (χ2n) is 5.17. The number of hydrogen-bond donors (Lipinski definition) is 0. The summed E-state index contributed by atoms with van der Waals surface area (Å²) in [4.78, 5) is 17.6. The van der Waals surface area contributed by atoms with Crippen molar-refractivity contribution in [2.45, 2.75) is 17.9 Å². The van der Waals surface area contributed by atoms with E-state index in [0.29, 0.717) is 9.87 Å². The largest absolute Gasteiger partial charge is 0.434 e. The molecule has 1 atom stereocenters. The van der Waals surface area contributed by atoms with E-state index in [-0.39, 0.29) is 10.6 Å². The molecule has 0 saturated carbocycles. The van der Waals surface area contributed by atoms with E-state index in [2.05, 4.69) is 20.9 Å². The molecule has 3 rings (SSSR count). The minimum Gasteiger partial charge on any atom is -0.434 e. The molecule has 0 bridgehead atoms. The maximum Gasteiger partial charge on any atom is 0.429 e. The van der Waals surface area contributed by atoms with Crippen molar-refractivity contribution in [3.8, 4) is 0 Å². The van der Waals surface area contributed by atoms with Gasteiger partial charge in [0.05, 0.1) is 10.6 Å². The van der Waals surface area contributed by atoms with E-state index in [4.69, 9.17) is 4.74 Å². The highest BCUT2D eigenvalue weighted by Crippen LogP contribution is 2.39. The van der Waals surface area contributed by atoms with Crippen molar-refractivity contribution in [1.82, 2.24) is 9.29 Å². The van der Waals surface area contributed by atoms with Crippen molar-refractivity contribution in [1.29, 1.82) is 0 Å². The lowest BCUT2D eigenvalue weighted by Crippen LogP contribution is -2.30. The second-order valence-corrected chi connectivity index (χ2v) is 7.41. The molecular formula is C16H13BrN2O4S. The molecule has 2 heterocycles. The topological polar surface area (TPSA) is 76.6 Å². The standard InChI is InChI=1S/C16H13BrN2O4S/c1-11-4-6-13(7-5-11)24(21,22)19-14(9-17)15(23-16(19)20)12-3-2-8-18-10-12/h2-10,15H,1H3/b14-9+. The van der Waals surface area contributed by atoms with Crippen LogP contribution in [-0.4, -0.2) is 23.8 Å². The number of benzene rings is 1. The number of carbonyl (C=O) groups is 1. The number of pyridine rings is 1. The van der Waals surface area contributed by atoms with E-state index in [1.807, 2.05) is 6.92 Å². The van der Waals surface area contributed by atoms with Crippen LogP contribution in [0.1, 0.15) is 17.2 Å². The van der Waals surface area contributed by atoms with Crippen LogP contribution < -0.4 is 0 Å². The first-order chi connectivity index (χ1) is 11.4.